The van der Waals surface area contributed by atoms with E-state index in [4.69, 9.17) is 0 Å². The summed E-state index contributed by atoms with van der Waals surface area (Å²) in [6, 6.07) is 5.18. The number of nitrogens with one attached hydrogen (secondary N) is 1. The first kappa shape index (κ1) is 16.6. The summed E-state index contributed by atoms with van der Waals surface area (Å²) in [6.07, 6.45) is 3.45. The number of rotatable bonds is 4. The van der Waals surface area contributed by atoms with Gasteiger partial charge in [-0.3, -0.25) is 23.9 Å². The van der Waals surface area contributed by atoms with Gasteiger partial charge in [0.2, 0.25) is 6.41 Å². The molecule has 0 aliphatic carbocycles. The Morgan fingerprint density at radius 2 is 1.96 bits per heavy atom. The highest BCUT2D eigenvalue weighted by Gasteiger charge is 2.24. The van der Waals surface area contributed by atoms with Gasteiger partial charge in [0.1, 0.15) is 5.56 Å². The summed E-state index contributed by atoms with van der Waals surface area (Å²) in [6.45, 7) is 1.50. The smallest absolute Gasteiger partial charge is 0.328 e. The Hall–Kier alpha value is -3.23. The Morgan fingerprint density at radius 1 is 1.20 bits per heavy atom. The van der Waals surface area contributed by atoms with Crippen molar-refractivity contribution in [1.29, 1.82) is 0 Å². The van der Waals surface area contributed by atoms with Crippen LogP contribution in [0.3, 0.4) is 0 Å². The molecule has 0 unspecified atom stereocenters. The molecule has 0 bridgehead atoms. The van der Waals surface area contributed by atoms with Gasteiger partial charge in [-0.2, -0.15) is 0 Å². The van der Waals surface area contributed by atoms with Crippen molar-refractivity contribution in [3.05, 3.63) is 62.7 Å². The van der Waals surface area contributed by atoms with Crippen molar-refractivity contribution >= 4 is 12.3 Å². The standard InChI is InChI=1S/C16H17N5O4/c22-11-19-5-7-20(8-6-19)14(23)13-9-18-16(25)21(15(13)24)10-12-3-1-2-4-17-12/h1-4,9,11H,5-8,10H2,(H,18,25). The molecule has 1 N–H and O–H groups in total. The van der Waals surface area contributed by atoms with Gasteiger partial charge in [0.05, 0.1) is 12.2 Å². The Morgan fingerprint density at radius 3 is 2.60 bits per heavy atom. The van der Waals surface area contributed by atoms with Crippen LogP contribution in [0.2, 0.25) is 0 Å². The molecule has 9 heteroatoms. The van der Waals surface area contributed by atoms with Gasteiger partial charge in [-0.25, -0.2) is 4.79 Å². The summed E-state index contributed by atoms with van der Waals surface area (Å²) >= 11 is 0. The molecule has 9 nitrogen and oxygen atoms in total. The fourth-order valence-corrected chi connectivity index (χ4v) is 2.66. The molecule has 130 valence electrons. The summed E-state index contributed by atoms with van der Waals surface area (Å²) in [4.78, 5) is 57.5. The van der Waals surface area contributed by atoms with Gasteiger partial charge in [-0.15, -0.1) is 0 Å². The van der Waals surface area contributed by atoms with Crippen LogP contribution in [0.4, 0.5) is 0 Å². The number of amides is 2. The van der Waals surface area contributed by atoms with Crippen LogP contribution in [-0.4, -0.2) is 62.8 Å². The van der Waals surface area contributed by atoms with E-state index in [1.165, 1.54) is 4.90 Å². The van der Waals surface area contributed by atoms with Crippen molar-refractivity contribution in [2.45, 2.75) is 6.54 Å². The number of hydrogen-bond donors (Lipinski definition) is 1. The Balaban J connectivity index is 1.86. The van der Waals surface area contributed by atoms with Crippen LogP contribution in [0, 0.1) is 0 Å². The Labute approximate surface area is 142 Å². The second-order valence-electron chi connectivity index (χ2n) is 5.65. The maximum absolute atomic E-state index is 12.6. The zero-order valence-corrected chi connectivity index (χ0v) is 13.4. The van der Waals surface area contributed by atoms with E-state index in [0.29, 0.717) is 31.9 Å². The number of pyridine rings is 1. The molecule has 0 radical (unpaired) electrons. The lowest BCUT2D eigenvalue weighted by molar-refractivity contribution is -0.119. The first-order valence-electron chi connectivity index (χ1n) is 7.81. The molecule has 0 atom stereocenters. The van der Waals surface area contributed by atoms with Gasteiger partial charge in [0, 0.05) is 38.6 Å². The lowest BCUT2D eigenvalue weighted by Gasteiger charge is -2.32. The van der Waals surface area contributed by atoms with Crippen LogP contribution in [0.25, 0.3) is 0 Å². The minimum absolute atomic E-state index is 0.0188. The summed E-state index contributed by atoms with van der Waals surface area (Å²) in [5.74, 6) is -0.457. The van der Waals surface area contributed by atoms with Crippen LogP contribution in [0.1, 0.15) is 16.1 Å². The number of piperazine rings is 1. The number of carbonyl (C=O) groups is 2. The lowest BCUT2D eigenvalue weighted by atomic mass is 10.2. The highest BCUT2D eigenvalue weighted by atomic mass is 16.2. The molecule has 1 aliphatic rings. The average Bonchev–Trinajstić information content (AvgIpc) is 2.65. The lowest BCUT2D eigenvalue weighted by Crippen LogP contribution is -2.50. The van der Waals surface area contributed by atoms with Gasteiger partial charge in [0.25, 0.3) is 11.5 Å². The molecular weight excluding hydrogens is 326 g/mol. The first-order valence-corrected chi connectivity index (χ1v) is 7.81. The minimum atomic E-state index is -0.655. The number of hydrogen-bond acceptors (Lipinski definition) is 5. The maximum Gasteiger partial charge on any atom is 0.328 e. The minimum Gasteiger partial charge on any atom is -0.342 e. The second kappa shape index (κ2) is 7.12. The number of aromatic amines is 1. The van der Waals surface area contributed by atoms with E-state index in [0.717, 1.165) is 17.2 Å². The normalized spacial score (nSPS) is 14.4. The van der Waals surface area contributed by atoms with Crippen molar-refractivity contribution in [1.82, 2.24) is 24.3 Å². The summed E-state index contributed by atoms with van der Waals surface area (Å²) in [7, 11) is 0. The zero-order chi connectivity index (χ0) is 17.8. The van der Waals surface area contributed by atoms with Crippen LogP contribution in [-0.2, 0) is 11.3 Å². The topological polar surface area (TPSA) is 108 Å². The van der Waals surface area contributed by atoms with Crippen molar-refractivity contribution in [2.75, 3.05) is 26.2 Å². The van der Waals surface area contributed by atoms with Crippen molar-refractivity contribution in [2.24, 2.45) is 0 Å². The molecule has 1 saturated heterocycles. The molecule has 0 saturated carbocycles. The highest BCUT2D eigenvalue weighted by Crippen LogP contribution is 2.04. The number of aromatic nitrogens is 3. The van der Waals surface area contributed by atoms with Crippen LogP contribution >= 0.6 is 0 Å². The molecule has 1 aliphatic heterocycles. The third-order valence-corrected chi connectivity index (χ3v) is 4.09. The Kier molecular flexibility index (Phi) is 4.73. The summed E-state index contributed by atoms with van der Waals surface area (Å²) in [5, 5.41) is 0. The predicted molar refractivity (Wildman–Crippen MR) is 88.2 cm³/mol. The fourth-order valence-electron chi connectivity index (χ4n) is 2.66. The second-order valence-corrected chi connectivity index (χ2v) is 5.65. The quantitative estimate of drug-likeness (QED) is 0.709. The largest absolute Gasteiger partial charge is 0.342 e. The van der Waals surface area contributed by atoms with Gasteiger partial charge in [0.15, 0.2) is 0 Å². The molecule has 0 aromatic carbocycles. The number of carbonyl (C=O) groups excluding carboxylic acids is 2. The van der Waals surface area contributed by atoms with Crippen molar-refractivity contribution in [3.63, 3.8) is 0 Å². The monoisotopic (exact) mass is 343 g/mol. The van der Waals surface area contributed by atoms with Crippen LogP contribution in [0.5, 0.6) is 0 Å². The third kappa shape index (κ3) is 3.49. The molecule has 2 aromatic heterocycles. The van der Waals surface area contributed by atoms with Crippen LogP contribution in [0.15, 0.2) is 40.2 Å². The average molecular weight is 343 g/mol. The highest BCUT2D eigenvalue weighted by molar-refractivity contribution is 5.93. The van der Waals surface area contributed by atoms with E-state index in [-0.39, 0.29) is 12.1 Å². The van der Waals surface area contributed by atoms with Gasteiger partial charge >= 0.3 is 5.69 Å². The van der Waals surface area contributed by atoms with Gasteiger partial charge < -0.3 is 14.8 Å². The maximum atomic E-state index is 12.6. The van der Waals surface area contributed by atoms with Crippen molar-refractivity contribution < 1.29 is 9.59 Å². The van der Waals surface area contributed by atoms with Gasteiger partial charge in [-0.1, -0.05) is 6.07 Å². The third-order valence-electron chi connectivity index (χ3n) is 4.09. The fraction of sp³-hybridized carbons (Fsp3) is 0.312. The van der Waals surface area contributed by atoms with E-state index < -0.39 is 17.2 Å². The van der Waals surface area contributed by atoms with E-state index >= 15 is 0 Å². The molecule has 25 heavy (non-hydrogen) atoms. The van der Waals surface area contributed by atoms with Crippen molar-refractivity contribution in [3.8, 4) is 0 Å². The predicted octanol–water partition coefficient (Wildman–Crippen LogP) is -1.11. The van der Waals surface area contributed by atoms with Gasteiger partial charge in [-0.05, 0) is 12.1 Å². The van der Waals surface area contributed by atoms with E-state index in [2.05, 4.69) is 9.97 Å². The number of nitrogens with zero attached hydrogens (tertiary/aromatic N) is 4. The Bertz CT molecular complexity index is 881. The SMILES string of the molecule is O=CN1CCN(C(=O)c2c[nH]c(=O)n(Cc3ccccn3)c2=O)CC1. The molecule has 2 aromatic rings. The van der Waals surface area contributed by atoms with E-state index in [1.54, 1.807) is 29.3 Å². The zero-order valence-electron chi connectivity index (χ0n) is 13.4. The molecule has 3 rings (SSSR count). The molecule has 0 spiro atoms. The van der Waals surface area contributed by atoms with E-state index in [1.807, 2.05) is 0 Å². The molecular formula is C16H17N5O4. The molecule has 3 heterocycles. The van der Waals surface area contributed by atoms with E-state index in [9.17, 15) is 19.2 Å². The first-order chi connectivity index (χ1) is 12.1. The number of H-pyrrole nitrogens is 1. The summed E-state index contributed by atoms with van der Waals surface area (Å²) in [5.41, 5.74) is -0.815. The molecule has 1 fully saturated rings. The molecule has 2 amide bonds. The van der Waals surface area contributed by atoms with Crippen LogP contribution < -0.4 is 11.2 Å². The summed E-state index contributed by atoms with van der Waals surface area (Å²) < 4.78 is 0.956.